The summed E-state index contributed by atoms with van der Waals surface area (Å²) in [5.74, 6) is 0.613. The molecular formula is C27H37N9O2. The minimum Gasteiger partial charge on any atom is -0.364 e. The van der Waals surface area contributed by atoms with Crippen LogP contribution in [0, 0.1) is 0 Å². The first-order chi connectivity index (χ1) is 18.4. The van der Waals surface area contributed by atoms with Crippen molar-refractivity contribution in [2.45, 2.75) is 62.4 Å². The van der Waals surface area contributed by atoms with Crippen molar-refractivity contribution in [3.8, 4) is 0 Å². The SMILES string of the molecule is CN1C(=O)N(C2CCCN(c3nnc(C(N)=O)c(Nc4ccc(C5CCNCC5)cc4)n3)C2)CC12CCC2. The third-order valence-corrected chi connectivity index (χ3v) is 9.01. The van der Waals surface area contributed by atoms with Gasteiger partial charge in [0, 0.05) is 32.4 Å². The molecule has 3 amide bonds. The lowest BCUT2D eigenvalue weighted by molar-refractivity contribution is 0.0994. The molecule has 6 rings (SSSR count). The van der Waals surface area contributed by atoms with Crippen molar-refractivity contribution < 1.29 is 9.59 Å². The molecule has 1 aliphatic carbocycles. The molecule has 4 fully saturated rings. The van der Waals surface area contributed by atoms with Gasteiger partial charge in [-0.1, -0.05) is 12.1 Å². The van der Waals surface area contributed by atoms with Gasteiger partial charge < -0.3 is 31.1 Å². The van der Waals surface area contributed by atoms with Gasteiger partial charge in [-0.2, -0.15) is 4.98 Å². The molecule has 202 valence electrons. The van der Waals surface area contributed by atoms with Crippen LogP contribution < -0.4 is 21.3 Å². The predicted molar refractivity (Wildman–Crippen MR) is 145 cm³/mol. The van der Waals surface area contributed by atoms with Crippen LogP contribution in [0.1, 0.15) is 66.9 Å². The number of piperidine rings is 2. The first-order valence-corrected chi connectivity index (χ1v) is 13.9. The highest BCUT2D eigenvalue weighted by atomic mass is 16.2. The number of rotatable bonds is 6. The maximum Gasteiger partial charge on any atom is 0.320 e. The molecular weight excluding hydrogens is 482 g/mol. The van der Waals surface area contributed by atoms with E-state index >= 15 is 0 Å². The quantitative estimate of drug-likeness (QED) is 0.530. The lowest BCUT2D eigenvalue weighted by Gasteiger charge is -2.43. The monoisotopic (exact) mass is 519 g/mol. The van der Waals surface area contributed by atoms with Crippen molar-refractivity contribution in [2.75, 3.05) is 50.0 Å². The molecule has 1 unspecified atom stereocenters. The number of carbonyl (C=O) groups is 2. The van der Waals surface area contributed by atoms with Crippen molar-refractivity contribution in [3.63, 3.8) is 0 Å². The molecule has 1 aromatic carbocycles. The molecule has 1 atom stereocenters. The Morgan fingerprint density at radius 3 is 2.53 bits per heavy atom. The summed E-state index contributed by atoms with van der Waals surface area (Å²) in [6.07, 6.45) is 7.49. The van der Waals surface area contributed by atoms with E-state index in [1.165, 1.54) is 12.0 Å². The second kappa shape index (κ2) is 10.0. The van der Waals surface area contributed by atoms with E-state index in [0.717, 1.165) is 70.4 Å². The lowest BCUT2D eigenvalue weighted by atomic mass is 9.76. The van der Waals surface area contributed by atoms with Crippen LogP contribution in [0.25, 0.3) is 0 Å². The average molecular weight is 520 g/mol. The number of likely N-dealkylation sites (N-methyl/N-ethyl adjacent to an activating group) is 1. The van der Waals surface area contributed by atoms with Gasteiger partial charge in [-0.25, -0.2) is 4.79 Å². The maximum atomic E-state index is 13.1. The molecule has 1 spiro atoms. The Kier molecular flexibility index (Phi) is 6.55. The summed E-state index contributed by atoms with van der Waals surface area (Å²) < 4.78 is 0. The summed E-state index contributed by atoms with van der Waals surface area (Å²) in [5.41, 5.74) is 7.76. The van der Waals surface area contributed by atoms with Crippen LogP contribution in [0.4, 0.5) is 22.2 Å². The zero-order chi connectivity index (χ0) is 26.3. The van der Waals surface area contributed by atoms with Crippen molar-refractivity contribution in [2.24, 2.45) is 5.73 Å². The Labute approximate surface area is 223 Å². The van der Waals surface area contributed by atoms with Gasteiger partial charge in [0.25, 0.3) is 5.91 Å². The lowest BCUT2D eigenvalue weighted by Crippen LogP contribution is -2.51. The second-order valence-corrected chi connectivity index (χ2v) is 11.2. The number of benzene rings is 1. The van der Waals surface area contributed by atoms with Gasteiger partial charge in [0.1, 0.15) is 0 Å². The Hall–Kier alpha value is -3.47. The molecule has 4 N–H and O–H groups in total. The molecule has 38 heavy (non-hydrogen) atoms. The number of nitrogens with zero attached hydrogens (tertiary/aromatic N) is 6. The van der Waals surface area contributed by atoms with Crippen molar-refractivity contribution in [1.82, 2.24) is 30.3 Å². The van der Waals surface area contributed by atoms with Crippen molar-refractivity contribution in [3.05, 3.63) is 35.5 Å². The summed E-state index contributed by atoms with van der Waals surface area (Å²) in [5, 5.41) is 15.1. The number of nitrogens with one attached hydrogen (secondary N) is 2. The van der Waals surface area contributed by atoms with Crippen molar-refractivity contribution in [1.29, 1.82) is 0 Å². The smallest absolute Gasteiger partial charge is 0.320 e. The van der Waals surface area contributed by atoms with E-state index in [0.29, 0.717) is 24.2 Å². The predicted octanol–water partition coefficient (Wildman–Crippen LogP) is 2.44. The molecule has 0 bridgehead atoms. The highest BCUT2D eigenvalue weighted by Gasteiger charge is 2.53. The van der Waals surface area contributed by atoms with Crippen molar-refractivity contribution >= 4 is 29.4 Å². The second-order valence-electron chi connectivity index (χ2n) is 11.2. The van der Waals surface area contributed by atoms with E-state index in [2.05, 4.69) is 37.9 Å². The standard InChI is InChI=1S/C27H37N9O2/c1-34-26(38)36(17-27(34)11-3-12-27)21-4-2-15-35(16-21)25-31-24(22(23(28)37)32-33-25)30-20-7-5-18(6-8-20)19-9-13-29-14-10-19/h5-8,19,21,29H,2-4,9-17H2,1H3,(H2,28,37)(H,30,31,33). The first kappa shape index (κ1) is 24.8. The fourth-order valence-corrected chi connectivity index (χ4v) is 6.48. The fraction of sp³-hybridized carbons (Fsp3) is 0.593. The topological polar surface area (TPSA) is 133 Å². The van der Waals surface area contributed by atoms with E-state index in [4.69, 9.17) is 10.7 Å². The summed E-state index contributed by atoms with van der Waals surface area (Å²) >= 11 is 0. The number of nitrogens with two attached hydrogens (primary N) is 1. The highest BCUT2D eigenvalue weighted by Crippen LogP contribution is 2.43. The Bertz CT molecular complexity index is 1190. The van der Waals surface area contributed by atoms with E-state index in [1.807, 2.05) is 29.0 Å². The molecule has 0 radical (unpaired) electrons. The molecule has 1 aromatic heterocycles. The van der Waals surface area contributed by atoms with Crippen LogP contribution in [0.3, 0.4) is 0 Å². The molecule has 4 aliphatic rings. The highest BCUT2D eigenvalue weighted by molar-refractivity contribution is 5.96. The molecule has 11 heteroatoms. The first-order valence-electron chi connectivity index (χ1n) is 13.9. The maximum absolute atomic E-state index is 13.1. The zero-order valence-electron chi connectivity index (χ0n) is 22.0. The minimum absolute atomic E-state index is 0.00742. The molecule has 11 nitrogen and oxygen atoms in total. The summed E-state index contributed by atoms with van der Waals surface area (Å²) in [4.78, 5) is 36.0. The summed E-state index contributed by atoms with van der Waals surface area (Å²) in [7, 11) is 1.94. The molecule has 1 saturated carbocycles. The summed E-state index contributed by atoms with van der Waals surface area (Å²) in [6.45, 7) is 4.28. The fourth-order valence-electron chi connectivity index (χ4n) is 6.48. The van der Waals surface area contributed by atoms with Crippen LogP contribution in [-0.2, 0) is 0 Å². The minimum atomic E-state index is -0.682. The van der Waals surface area contributed by atoms with Crippen LogP contribution in [0.2, 0.25) is 0 Å². The van der Waals surface area contributed by atoms with E-state index < -0.39 is 5.91 Å². The number of anilines is 3. The number of urea groups is 1. The normalized spacial score (nSPS) is 23.6. The largest absolute Gasteiger partial charge is 0.364 e. The van der Waals surface area contributed by atoms with Gasteiger partial charge in [0.2, 0.25) is 5.95 Å². The van der Waals surface area contributed by atoms with Crippen LogP contribution in [0.5, 0.6) is 0 Å². The Morgan fingerprint density at radius 1 is 1.11 bits per heavy atom. The number of hydrogen-bond acceptors (Lipinski definition) is 8. The molecule has 2 aromatic rings. The Morgan fingerprint density at radius 2 is 1.87 bits per heavy atom. The number of primary amides is 1. The zero-order valence-corrected chi connectivity index (χ0v) is 22.0. The summed E-state index contributed by atoms with van der Waals surface area (Å²) in [6, 6.07) is 8.49. The van der Waals surface area contributed by atoms with E-state index in [9.17, 15) is 9.59 Å². The van der Waals surface area contributed by atoms with Crippen LogP contribution in [0.15, 0.2) is 24.3 Å². The number of hydrogen-bond donors (Lipinski definition) is 3. The van der Waals surface area contributed by atoms with E-state index in [1.54, 1.807) is 0 Å². The third-order valence-electron chi connectivity index (χ3n) is 9.01. The number of amides is 3. The third kappa shape index (κ3) is 4.53. The number of carbonyl (C=O) groups excluding carboxylic acids is 2. The van der Waals surface area contributed by atoms with Crippen LogP contribution >= 0.6 is 0 Å². The van der Waals surface area contributed by atoms with Gasteiger partial charge in [-0.3, -0.25) is 4.79 Å². The van der Waals surface area contributed by atoms with Gasteiger partial charge in [0.05, 0.1) is 11.6 Å². The van der Waals surface area contributed by atoms with Gasteiger partial charge >= 0.3 is 6.03 Å². The Balaban J connectivity index is 1.19. The van der Waals surface area contributed by atoms with Gasteiger partial charge in [0.15, 0.2) is 11.5 Å². The van der Waals surface area contributed by atoms with Gasteiger partial charge in [-0.05, 0) is 81.6 Å². The van der Waals surface area contributed by atoms with Crippen LogP contribution in [-0.4, -0.2) is 88.3 Å². The van der Waals surface area contributed by atoms with Gasteiger partial charge in [-0.15, -0.1) is 10.2 Å². The molecule has 3 aliphatic heterocycles. The molecule has 3 saturated heterocycles. The average Bonchev–Trinajstić information content (AvgIpc) is 3.20. The number of aromatic nitrogens is 3. The molecule has 4 heterocycles. The van der Waals surface area contributed by atoms with E-state index in [-0.39, 0.29) is 23.3 Å².